The van der Waals surface area contributed by atoms with Crippen molar-refractivity contribution in [3.63, 3.8) is 0 Å². The van der Waals surface area contributed by atoms with E-state index in [0.29, 0.717) is 4.47 Å². The molecule has 5 nitrogen and oxygen atoms in total. The number of methoxy groups -OCH3 is 2. The molecule has 1 rings (SSSR count). The van der Waals surface area contributed by atoms with E-state index < -0.39 is 26.8 Å². The molecule has 0 radical (unpaired) electrons. The number of nitrogens with one attached hydrogen (secondary N) is 1. The van der Waals surface area contributed by atoms with Crippen LogP contribution in [-0.4, -0.2) is 41.9 Å². The largest absolute Gasteiger partial charge is 0.382 e. The highest BCUT2D eigenvalue weighted by Gasteiger charge is 2.23. The van der Waals surface area contributed by atoms with Gasteiger partial charge in [0.25, 0.3) is 0 Å². The first-order valence-electron chi connectivity index (χ1n) is 5.91. The molecule has 1 aromatic carbocycles. The highest BCUT2D eigenvalue weighted by Crippen LogP contribution is 2.25. The summed E-state index contributed by atoms with van der Waals surface area (Å²) in [4.78, 5) is -0.459. The lowest BCUT2D eigenvalue weighted by Gasteiger charge is -2.16. The third kappa shape index (κ3) is 5.15. The molecule has 0 amide bonds. The lowest BCUT2D eigenvalue weighted by molar-refractivity contribution is 0.0320. The van der Waals surface area contributed by atoms with E-state index in [1.807, 2.05) is 0 Å². The normalized spacial score (nSPS) is 13.4. The summed E-state index contributed by atoms with van der Waals surface area (Å²) in [7, 11) is -1.11. The van der Waals surface area contributed by atoms with Crippen LogP contribution in [0.5, 0.6) is 0 Å². The number of alkyl halides is 1. The number of hydrogen-bond donors (Lipinski definition) is 1. The molecule has 0 spiro atoms. The second kappa shape index (κ2) is 8.40. The minimum Gasteiger partial charge on any atom is -0.382 e. The van der Waals surface area contributed by atoms with E-state index in [1.165, 1.54) is 26.4 Å². The molecule has 0 aliphatic rings. The van der Waals surface area contributed by atoms with Gasteiger partial charge in [-0.2, -0.15) is 0 Å². The van der Waals surface area contributed by atoms with Gasteiger partial charge in [0.2, 0.25) is 10.0 Å². The van der Waals surface area contributed by atoms with Gasteiger partial charge in [0.05, 0.1) is 18.6 Å². The van der Waals surface area contributed by atoms with Crippen LogP contribution in [0.4, 0.5) is 4.39 Å². The predicted molar refractivity (Wildman–Crippen MR) is 81.5 cm³/mol. The molecular formula is C12H16BrClFNO4S. The monoisotopic (exact) mass is 403 g/mol. The van der Waals surface area contributed by atoms with Gasteiger partial charge >= 0.3 is 0 Å². The highest BCUT2D eigenvalue weighted by atomic mass is 79.9. The summed E-state index contributed by atoms with van der Waals surface area (Å²) in [5.74, 6) is -0.987. The van der Waals surface area contributed by atoms with Gasteiger partial charge in [0.1, 0.15) is 10.7 Å². The van der Waals surface area contributed by atoms with E-state index in [-0.39, 0.29) is 24.6 Å². The molecule has 0 aliphatic heterocycles. The zero-order valence-corrected chi connectivity index (χ0v) is 14.7. The van der Waals surface area contributed by atoms with E-state index in [1.54, 1.807) is 0 Å². The second-order valence-electron chi connectivity index (χ2n) is 4.18. The Morgan fingerprint density at radius 2 is 2.10 bits per heavy atom. The van der Waals surface area contributed by atoms with Crippen molar-refractivity contribution < 1.29 is 22.3 Å². The van der Waals surface area contributed by atoms with E-state index in [2.05, 4.69) is 20.7 Å². The smallest absolute Gasteiger partial charge is 0.243 e. The maximum absolute atomic E-state index is 14.1. The van der Waals surface area contributed by atoms with Crippen molar-refractivity contribution in [2.75, 3.05) is 27.4 Å². The molecule has 0 fully saturated rings. The molecule has 120 valence electrons. The van der Waals surface area contributed by atoms with E-state index in [4.69, 9.17) is 21.1 Å². The van der Waals surface area contributed by atoms with Crippen LogP contribution in [0.2, 0.25) is 0 Å². The fourth-order valence-electron chi connectivity index (χ4n) is 1.59. The molecule has 1 N–H and O–H groups in total. The van der Waals surface area contributed by atoms with Crippen LogP contribution in [0.25, 0.3) is 0 Å². The number of rotatable bonds is 8. The van der Waals surface area contributed by atoms with Crippen molar-refractivity contribution in [1.82, 2.24) is 4.72 Å². The Bertz CT molecular complexity index is 585. The molecular weight excluding hydrogens is 389 g/mol. The number of halogens is 3. The first kappa shape index (κ1) is 18.8. The third-order valence-corrected chi connectivity index (χ3v) is 4.87. The number of hydrogen-bond acceptors (Lipinski definition) is 4. The van der Waals surface area contributed by atoms with Crippen molar-refractivity contribution in [3.05, 3.63) is 28.0 Å². The first-order valence-corrected chi connectivity index (χ1v) is 8.72. The summed E-state index contributed by atoms with van der Waals surface area (Å²) in [5.41, 5.74) is 0.103. The Morgan fingerprint density at radius 3 is 2.62 bits per heavy atom. The van der Waals surface area contributed by atoms with Gasteiger partial charge in [-0.05, 0) is 12.1 Å². The standard InChI is InChI=1S/C12H16BrClFNO4S/c1-19-7-10(20-2)6-16-21(17,18)11-4-9(13)3-8(5-14)12(11)15/h3-4,10,16H,5-7H2,1-2H3. The molecule has 0 heterocycles. The van der Waals surface area contributed by atoms with Crippen molar-refractivity contribution >= 4 is 37.6 Å². The summed E-state index contributed by atoms with van der Waals surface area (Å²) in [6.45, 7) is 0.182. The van der Waals surface area contributed by atoms with E-state index in [0.717, 1.165) is 0 Å². The fraction of sp³-hybridized carbons (Fsp3) is 0.500. The third-order valence-electron chi connectivity index (χ3n) is 2.70. The van der Waals surface area contributed by atoms with E-state index >= 15 is 0 Å². The summed E-state index contributed by atoms with van der Waals surface area (Å²) < 4.78 is 51.2. The Kier molecular flexibility index (Phi) is 7.52. The van der Waals surface area contributed by atoms with Crippen LogP contribution in [0.1, 0.15) is 5.56 Å². The average molecular weight is 405 g/mol. The minimum absolute atomic E-state index is 0.0329. The molecule has 0 saturated carbocycles. The van der Waals surface area contributed by atoms with Gasteiger partial charge < -0.3 is 9.47 Å². The van der Waals surface area contributed by atoms with Crippen LogP contribution < -0.4 is 4.72 Å². The summed E-state index contributed by atoms with van der Waals surface area (Å²) in [5, 5.41) is 0. The van der Waals surface area contributed by atoms with Gasteiger partial charge in [-0.15, -0.1) is 11.6 Å². The molecule has 0 bridgehead atoms. The Labute approximate surface area is 136 Å². The van der Waals surface area contributed by atoms with Gasteiger partial charge in [-0.1, -0.05) is 15.9 Å². The molecule has 0 aromatic heterocycles. The summed E-state index contributed by atoms with van der Waals surface area (Å²) in [6, 6.07) is 2.62. The van der Waals surface area contributed by atoms with Crippen LogP contribution in [-0.2, 0) is 25.4 Å². The van der Waals surface area contributed by atoms with Crippen molar-refractivity contribution in [3.8, 4) is 0 Å². The summed E-state index contributed by atoms with van der Waals surface area (Å²) in [6.07, 6.45) is -0.465. The van der Waals surface area contributed by atoms with Crippen LogP contribution in [0.3, 0.4) is 0 Å². The van der Waals surface area contributed by atoms with Gasteiger partial charge in [0, 0.05) is 30.8 Å². The van der Waals surface area contributed by atoms with Gasteiger partial charge in [-0.25, -0.2) is 17.5 Å². The average Bonchev–Trinajstić information content (AvgIpc) is 2.45. The lowest BCUT2D eigenvalue weighted by atomic mass is 10.2. The molecule has 0 saturated heterocycles. The summed E-state index contributed by atoms with van der Waals surface area (Å²) >= 11 is 8.74. The maximum Gasteiger partial charge on any atom is 0.243 e. The van der Waals surface area contributed by atoms with Crippen molar-refractivity contribution in [2.24, 2.45) is 0 Å². The Morgan fingerprint density at radius 1 is 1.43 bits per heavy atom. The minimum atomic E-state index is -4.02. The number of ether oxygens (including phenoxy) is 2. The molecule has 1 atom stereocenters. The molecule has 1 unspecified atom stereocenters. The van der Waals surface area contributed by atoms with Crippen LogP contribution >= 0.6 is 27.5 Å². The fourth-order valence-corrected chi connectivity index (χ4v) is 3.65. The van der Waals surface area contributed by atoms with Gasteiger partial charge in [0.15, 0.2) is 0 Å². The first-order chi connectivity index (χ1) is 9.85. The zero-order chi connectivity index (χ0) is 16.0. The highest BCUT2D eigenvalue weighted by molar-refractivity contribution is 9.10. The molecule has 0 aliphatic carbocycles. The van der Waals surface area contributed by atoms with Crippen LogP contribution in [0.15, 0.2) is 21.5 Å². The molecule has 1 aromatic rings. The van der Waals surface area contributed by atoms with Crippen molar-refractivity contribution in [2.45, 2.75) is 16.9 Å². The van der Waals surface area contributed by atoms with E-state index in [9.17, 15) is 12.8 Å². The topological polar surface area (TPSA) is 64.6 Å². The second-order valence-corrected chi connectivity index (χ2v) is 7.09. The lowest BCUT2D eigenvalue weighted by Crippen LogP contribution is -2.36. The molecule has 21 heavy (non-hydrogen) atoms. The predicted octanol–water partition coefficient (Wildman–Crippen LogP) is 2.27. The number of benzene rings is 1. The zero-order valence-electron chi connectivity index (χ0n) is 11.5. The quantitative estimate of drug-likeness (QED) is 0.675. The van der Waals surface area contributed by atoms with Crippen molar-refractivity contribution in [1.29, 1.82) is 0 Å². The molecule has 9 heteroatoms. The van der Waals surface area contributed by atoms with Crippen LogP contribution in [0, 0.1) is 5.82 Å². The Balaban J connectivity index is 3.00. The van der Waals surface area contributed by atoms with Gasteiger partial charge in [-0.3, -0.25) is 0 Å². The Hall–Kier alpha value is -0.250. The SMILES string of the molecule is COCC(CNS(=O)(=O)c1cc(Br)cc(CCl)c1F)OC. The number of sulfonamides is 1. The maximum atomic E-state index is 14.1.